The van der Waals surface area contributed by atoms with E-state index in [-0.39, 0.29) is 0 Å². The fraction of sp³-hybridized carbons (Fsp3) is 0.200. The van der Waals surface area contributed by atoms with Gasteiger partial charge in [0, 0.05) is 23.6 Å². The number of benzene rings is 3. The normalized spacial score (nSPS) is 14.6. The van der Waals surface area contributed by atoms with Crippen molar-refractivity contribution in [2.75, 3.05) is 0 Å². The summed E-state index contributed by atoms with van der Waals surface area (Å²) in [6, 6.07) is 27.0. The second kappa shape index (κ2) is 10.1. The van der Waals surface area contributed by atoms with Crippen molar-refractivity contribution in [1.82, 2.24) is 4.98 Å². The van der Waals surface area contributed by atoms with Crippen LogP contribution >= 0.6 is 0 Å². The average Bonchev–Trinajstić information content (AvgIpc) is 3.35. The highest BCUT2D eigenvalue weighted by atomic mass is 16.5. The molecule has 0 spiro atoms. The van der Waals surface area contributed by atoms with Crippen LogP contribution < -0.4 is 4.74 Å². The van der Waals surface area contributed by atoms with E-state index < -0.39 is 12.1 Å². The van der Waals surface area contributed by atoms with Crippen LogP contribution in [0.5, 0.6) is 5.75 Å². The standard InChI is InChI=1S/C30H27NO4/c1-20(32)34-24-16-10-15-23(19-24)28(33)25-17-8-9-18-26(25)30-31-27(21-11-4-2-5-12-21)29(35-30)22-13-6-3-7-14-22/h2-7,10-16,19,28,33H,8-9,17-18H2,1H3. The Hall–Kier alpha value is -3.96. The number of allylic oxidation sites excluding steroid dienone is 1. The number of aliphatic hydroxyl groups excluding tert-OH is 1. The first-order valence-corrected chi connectivity index (χ1v) is 11.9. The van der Waals surface area contributed by atoms with Gasteiger partial charge in [-0.05, 0) is 49.0 Å². The fourth-order valence-corrected chi connectivity index (χ4v) is 4.62. The summed E-state index contributed by atoms with van der Waals surface area (Å²) in [5, 5.41) is 11.4. The second-order valence-electron chi connectivity index (χ2n) is 8.71. The van der Waals surface area contributed by atoms with Gasteiger partial charge in [-0.1, -0.05) is 72.8 Å². The maximum absolute atomic E-state index is 11.4. The van der Waals surface area contributed by atoms with Crippen molar-refractivity contribution >= 4 is 11.5 Å². The predicted molar refractivity (Wildman–Crippen MR) is 135 cm³/mol. The number of esters is 1. The maximum atomic E-state index is 11.4. The van der Waals surface area contributed by atoms with Gasteiger partial charge >= 0.3 is 5.97 Å². The number of aliphatic hydroxyl groups is 1. The van der Waals surface area contributed by atoms with E-state index in [0.29, 0.717) is 17.2 Å². The molecule has 0 amide bonds. The number of nitrogens with zero attached hydrogens (tertiary/aromatic N) is 1. The summed E-state index contributed by atoms with van der Waals surface area (Å²) in [6.07, 6.45) is 2.67. The number of carbonyl (C=O) groups is 1. The molecule has 0 aliphatic heterocycles. The summed E-state index contributed by atoms with van der Waals surface area (Å²) in [7, 11) is 0. The molecule has 4 aromatic rings. The van der Waals surface area contributed by atoms with Gasteiger partial charge in [0.2, 0.25) is 5.89 Å². The SMILES string of the molecule is CC(=O)Oc1cccc(C(O)C2=C(c3nc(-c4ccccc4)c(-c4ccccc4)o3)CCCC2)c1. The number of hydrogen-bond acceptors (Lipinski definition) is 5. The zero-order valence-electron chi connectivity index (χ0n) is 19.6. The molecular formula is C30H27NO4. The molecule has 1 unspecified atom stereocenters. The van der Waals surface area contributed by atoms with Gasteiger partial charge in [-0.15, -0.1) is 0 Å². The van der Waals surface area contributed by atoms with Gasteiger partial charge in [-0.2, -0.15) is 0 Å². The highest BCUT2D eigenvalue weighted by Crippen LogP contribution is 2.42. The molecule has 35 heavy (non-hydrogen) atoms. The number of hydrogen-bond donors (Lipinski definition) is 1. The Morgan fingerprint density at radius 1 is 0.914 bits per heavy atom. The summed E-state index contributed by atoms with van der Waals surface area (Å²) in [5.41, 5.74) is 5.25. The lowest BCUT2D eigenvalue weighted by Crippen LogP contribution is -2.09. The fourth-order valence-electron chi connectivity index (χ4n) is 4.62. The quantitative estimate of drug-likeness (QED) is 0.245. The van der Waals surface area contributed by atoms with Crippen molar-refractivity contribution in [3.8, 4) is 28.3 Å². The minimum atomic E-state index is -0.840. The molecule has 3 aromatic carbocycles. The van der Waals surface area contributed by atoms with Crippen LogP contribution in [-0.2, 0) is 4.79 Å². The minimum absolute atomic E-state index is 0.393. The van der Waals surface area contributed by atoms with Crippen molar-refractivity contribution in [3.63, 3.8) is 0 Å². The van der Waals surface area contributed by atoms with E-state index in [9.17, 15) is 9.90 Å². The lowest BCUT2D eigenvalue weighted by molar-refractivity contribution is -0.131. The third kappa shape index (κ3) is 4.96. The van der Waals surface area contributed by atoms with Crippen molar-refractivity contribution in [2.24, 2.45) is 0 Å². The van der Waals surface area contributed by atoms with Crippen LogP contribution in [0, 0.1) is 0 Å². The zero-order chi connectivity index (χ0) is 24.2. The van der Waals surface area contributed by atoms with Crippen LogP contribution in [0.4, 0.5) is 0 Å². The first-order valence-electron chi connectivity index (χ1n) is 11.9. The Bertz CT molecular complexity index is 1300. The van der Waals surface area contributed by atoms with E-state index in [0.717, 1.165) is 59.4 Å². The summed E-state index contributed by atoms with van der Waals surface area (Å²) in [5.74, 6) is 1.29. The van der Waals surface area contributed by atoms with Crippen LogP contribution in [0.15, 0.2) is 94.9 Å². The molecule has 1 aliphatic carbocycles. The van der Waals surface area contributed by atoms with Crippen molar-refractivity contribution < 1.29 is 19.1 Å². The number of ether oxygens (including phenoxy) is 1. The highest BCUT2D eigenvalue weighted by Gasteiger charge is 2.27. The summed E-state index contributed by atoms with van der Waals surface area (Å²) >= 11 is 0. The Labute approximate surface area is 204 Å². The highest BCUT2D eigenvalue weighted by molar-refractivity contribution is 5.79. The van der Waals surface area contributed by atoms with E-state index in [1.165, 1.54) is 6.92 Å². The lowest BCUT2D eigenvalue weighted by atomic mass is 9.86. The van der Waals surface area contributed by atoms with E-state index in [1.54, 1.807) is 18.2 Å². The average molecular weight is 466 g/mol. The summed E-state index contributed by atoms with van der Waals surface area (Å²) in [6.45, 7) is 1.36. The predicted octanol–water partition coefficient (Wildman–Crippen LogP) is 7.00. The van der Waals surface area contributed by atoms with E-state index >= 15 is 0 Å². The zero-order valence-corrected chi connectivity index (χ0v) is 19.6. The Kier molecular flexibility index (Phi) is 6.59. The smallest absolute Gasteiger partial charge is 0.308 e. The third-order valence-corrected chi connectivity index (χ3v) is 6.24. The Balaban J connectivity index is 1.60. The largest absolute Gasteiger partial charge is 0.436 e. The number of rotatable bonds is 6. The molecule has 0 bridgehead atoms. The minimum Gasteiger partial charge on any atom is -0.436 e. The van der Waals surface area contributed by atoms with Crippen LogP contribution in [0.2, 0.25) is 0 Å². The first-order chi connectivity index (χ1) is 17.1. The molecule has 1 N–H and O–H groups in total. The second-order valence-corrected chi connectivity index (χ2v) is 8.71. The van der Waals surface area contributed by atoms with Gasteiger partial charge in [0.05, 0.1) is 0 Å². The monoisotopic (exact) mass is 465 g/mol. The number of aromatic nitrogens is 1. The summed E-state index contributed by atoms with van der Waals surface area (Å²) < 4.78 is 11.7. The van der Waals surface area contributed by atoms with E-state index in [4.69, 9.17) is 14.1 Å². The van der Waals surface area contributed by atoms with Crippen LogP contribution in [0.1, 0.15) is 50.2 Å². The van der Waals surface area contributed by atoms with Gasteiger partial charge in [0.1, 0.15) is 17.5 Å². The molecule has 1 aromatic heterocycles. The van der Waals surface area contributed by atoms with Crippen LogP contribution in [0.3, 0.4) is 0 Å². The van der Waals surface area contributed by atoms with E-state index in [1.807, 2.05) is 66.7 Å². The number of carbonyl (C=O) groups excluding carboxylic acids is 1. The molecule has 1 heterocycles. The van der Waals surface area contributed by atoms with Crippen molar-refractivity contribution in [1.29, 1.82) is 0 Å². The van der Waals surface area contributed by atoms with Crippen LogP contribution in [-0.4, -0.2) is 16.1 Å². The molecule has 0 saturated carbocycles. The van der Waals surface area contributed by atoms with Gasteiger partial charge in [0.15, 0.2) is 5.76 Å². The van der Waals surface area contributed by atoms with Crippen molar-refractivity contribution in [2.45, 2.75) is 38.7 Å². The molecule has 1 aliphatic rings. The molecule has 176 valence electrons. The van der Waals surface area contributed by atoms with Crippen molar-refractivity contribution in [3.05, 3.63) is 102 Å². The summed E-state index contributed by atoms with van der Waals surface area (Å²) in [4.78, 5) is 16.3. The maximum Gasteiger partial charge on any atom is 0.308 e. The molecule has 1 atom stereocenters. The molecule has 0 fully saturated rings. The van der Waals surface area contributed by atoms with Gasteiger partial charge in [0.25, 0.3) is 0 Å². The van der Waals surface area contributed by atoms with Crippen LogP contribution in [0.25, 0.3) is 28.2 Å². The number of oxazole rings is 1. The third-order valence-electron chi connectivity index (χ3n) is 6.24. The van der Waals surface area contributed by atoms with Gasteiger partial charge < -0.3 is 14.3 Å². The van der Waals surface area contributed by atoms with Gasteiger partial charge in [-0.3, -0.25) is 4.79 Å². The lowest BCUT2D eigenvalue weighted by Gasteiger charge is -2.23. The Morgan fingerprint density at radius 2 is 1.60 bits per heavy atom. The topological polar surface area (TPSA) is 72.6 Å². The molecule has 5 rings (SSSR count). The van der Waals surface area contributed by atoms with E-state index in [2.05, 4.69) is 0 Å². The molecule has 5 nitrogen and oxygen atoms in total. The molecule has 5 heteroatoms. The molecule has 0 radical (unpaired) electrons. The van der Waals surface area contributed by atoms with Gasteiger partial charge in [-0.25, -0.2) is 4.98 Å². The molecular weight excluding hydrogens is 438 g/mol. The Morgan fingerprint density at radius 3 is 2.31 bits per heavy atom. The first kappa shape index (κ1) is 22.8. The molecule has 0 saturated heterocycles.